The third-order valence-corrected chi connectivity index (χ3v) is 4.37. The number of rotatable bonds is 6. The number of hydrogen-bond acceptors (Lipinski definition) is 2. The van der Waals surface area contributed by atoms with Crippen LogP contribution in [0.15, 0.2) is 0 Å². The topological polar surface area (TPSA) is 21.3 Å². The molecule has 0 bridgehead atoms. The number of ether oxygens (including phenoxy) is 1. The van der Waals surface area contributed by atoms with E-state index in [1.54, 1.807) is 0 Å². The molecular weight excluding hydrogens is 210 g/mol. The van der Waals surface area contributed by atoms with Gasteiger partial charge in [-0.25, -0.2) is 0 Å². The minimum atomic E-state index is 0.634. The number of nitrogens with one attached hydrogen (secondary N) is 1. The van der Waals surface area contributed by atoms with Crippen LogP contribution in [0.3, 0.4) is 0 Å². The van der Waals surface area contributed by atoms with Crippen LogP contribution in [0.2, 0.25) is 0 Å². The van der Waals surface area contributed by atoms with E-state index >= 15 is 0 Å². The number of hydrogen-bond donors (Lipinski definition) is 1. The Hall–Kier alpha value is -0.0800. The van der Waals surface area contributed by atoms with E-state index in [4.69, 9.17) is 4.74 Å². The van der Waals surface area contributed by atoms with Crippen molar-refractivity contribution >= 4 is 0 Å². The molecule has 2 heteroatoms. The molecular formula is C15H29NO. The molecule has 0 aromatic rings. The highest BCUT2D eigenvalue weighted by Gasteiger charge is 2.23. The summed E-state index contributed by atoms with van der Waals surface area (Å²) in [7, 11) is 0. The standard InChI is InChI=1S/C15H29NO/c1-2-6-14-9-10-15(16-14)12-17-11-13-7-4-3-5-8-13/h13-16H,2-12H2,1H3/t14-,15+/m1/s1. The van der Waals surface area contributed by atoms with E-state index in [1.807, 2.05) is 0 Å². The van der Waals surface area contributed by atoms with Gasteiger partial charge in [-0.3, -0.25) is 0 Å². The second-order valence-corrected chi connectivity index (χ2v) is 5.97. The van der Waals surface area contributed by atoms with Gasteiger partial charge in [-0.2, -0.15) is 0 Å². The maximum Gasteiger partial charge on any atom is 0.0619 e. The first-order valence-electron chi connectivity index (χ1n) is 7.72. The Morgan fingerprint density at radius 1 is 0.941 bits per heavy atom. The lowest BCUT2D eigenvalue weighted by molar-refractivity contribution is 0.0719. The third-order valence-electron chi connectivity index (χ3n) is 4.37. The zero-order valence-corrected chi connectivity index (χ0v) is 11.4. The van der Waals surface area contributed by atoms with E-state index in [1.165, 1.54) is 57.8 Å². The molecule has 0 unspecified atom stereocenters. The van der Waals surface area contributed by atoms with Crippen LogP contribution < -0.4 is 5.32 Å². The van der Waals surface area contributed by atoms with Crippen molar-refractivity contribution in [2.45, 2.75) is 76.8 Å². The highest BCUT2D eigenvalue weighted by Crippen LogP contribution is 2.24. The van der Waals surface area contributed by atoms with Crippen molar-refractivity contribution in [3.05, 3.63) is 0 Å². The summed E-state index contributed by atoms with van der Waals surface area (Å²) in [5, 5.41) is 3.70. The van der Waals surface area contributed by atoms with Crippen molar-refractivity contribution < 1.29 is 4.74 Å². The van der Waals surface area contributed by atoms with Crippen LogP contribution in [0.4, 0.5) is 0 Å². The van der Waals surface area contributed by atoms with Crippen LogP contribution in [0.1, 0.15) is 64.7 Å². The van der Waals surface area contributed by atoms with Crippen molar-refractivity contribution in [3.8, 4) is 0 Å². The third kappa shape index (κ3) is 4.59. The molecule has 2 rings (SSSR count). The Bertz CT molecular complexity index is 201. The molecule has 0 aromatic heterocycles. The van der Waals surface area contributed by atoms with Gasteiger partial charge in [0.1, 0.15) is 0 Å². The molecule has 0 radical (unpaired) electrons. The van der Waals surface area contributed by atoms with Gasteiger partial charge in [-0.1, -0.05) is 32.6 Å². The molecule has 0 amide bonds. The van der Waals surface area contributed by atoms with Gasteiger partial charge in [0.05, 0.1) is 6.61 Å². The van der Waals surface area contributed by atoms with Gasteiger partial charge in [0.25, 0.3) is 0 Å². The molecule has 1 aliphatic heterocycles. The van der Waals surface area contributed by atoms with Crippen LogP contribution in [0.5, 0.6) is 0 Å². The molecule has 0 spiro atoms. The van der Waals surface area contributed by atoms with Crippen LogP contribution in [-0.2, 0) is 4.74 Å². The van der Waals surface area contributed by atoms with Gasteiger partial charge >= 0.3 is 0 Å². The maximum atomic E-state index is 5.92. The van der Waals surface area contributed by atoms with Gasteiger partial charge in [-0.15, -0.1) is 0 Å². The molecule has 2 nitrogen and oxygen atoms in total. The van der Waals surface area contributed by atoms with Crippen molar-refractivity contribution in [2.24, 2.45) is 5.92 Å². The summed E-state index contributed by atoms with van der Waals surface area (Å²) in [6.45, 7) is 4.22. The molecule has 0 aromatic carbocycles. The Balaban J connectivity index is 1.53. The zero-order valence-electron chi connectivity index (χ0n) is 11.4. The predicted molar refractivity (Wildman–Crippen MR) is 72.2 cm³/mol. The van der Waals surface area contributed by atoms with Gasteiger partial charge in [0.2, 0.25) is 0 Å². The van der Waals surface area contributed by atoms with Crippen molar-refractivity contribution in [3.63, 3.8) is 0 Å². The van der Waals surface area contributed by atoms with E-state index in [0.717, 1.165) is 25.2 Å². The zero-order chi connectivity index (χ0) is 11.9. The molecule has 2 aliphatic rings. The van der Waals surface area contributed by atoms with E-state index in [-0.39, 0.29) is 0 Å². The second kappa shape index (κ2) is 7.38. The van der Waals surface area contributed by atoms with Crippen molar-refractivity contribution in [1.82, 2.24) is 5.32 Å². The fourth-order valence-electron chi connectivity index (χ4n) is 3.34. The summed E-state index contributed by atoms with van der Waals surface area (Å²) in [5.74, 6) is 0.858. The summed E-state index contributed by atoms with van der Waals surface area (Å²) >= 11 is 0. The molecule has 17 heavy (non-hydrogen) atoms. The molecule has 100 valence electrons. The highest BCUT2D eigenvalue weighted by atomic mass is 16.5. The SMILES string of the molecule is CCC[C@@H]1CC[C@@H](COCC2CCCCC2)N1. The second-order valence-electron chi connectivity index (χ2n) is 5.97. The van der Waals surface area contributed by atoms with Crippen LogP contribution in [0, 0.1) is 5.92 Å². The molecule has 1 saturated heterocycles. The minimum Gasteiger partial charge on any atom is -0.380 e. The molecule has 2 atom stereocenters. The lowest BCUT2D eigenvalue weighted by atomic mass is 9.90. The van der Waals surface area contributed by atoms with Crippen LogP contribution in [-0.4, -0.2) is 25.3 Å². The monoisotopic (exact) mass is 239 g/mol. The maximum absolute atomic E-state index is 5.92. The van der Waals surface area contributed by atoms with Gasteiger partial charge in [0.15, 0.2) is 0 Å². The molecule has 1 N–H and O–H groups in total. The quantitative estimate of drug-likeness (QED) is 0.766. The summed E-state index contributed by atoms with van der Waals surface area (Å²) in [6, 6.07) is 1.40. The first-order chi connectivity index (χ1) is 8.38. The normalized spacial score (nSPS) is 30.9. The van der Waals surface area contributed by atoms with E-state index in [0.29, 0.717) is 6.04 Å². The van der Waals surface area contributed by atoms with Crippen molar-refractivity contribution in [1.29, 1.82) is 0 Å². The van der Waals surface area contributed by atoms with E-state index in [9.17, 15) is 0 Å². The lowest BCUT2D eigenvalue weighted by Gasteiger charge is -2.22. The average molecular weight is 239 g/mol. The van der Waals surface area contributed by atoms with Gasteiger partial charge in [0, 0.05) is 18.7 Å². The first kappa shape index (κ1) is 13.4. The summed E-state index contributed by atoms with van der Waals surface area (Å²) in [4.78, 5) is 0. The average Bonchev–Trinajstić information content (AvgIpc) is 2.79. The Labute approximate surface area is 107 Å². The summed E-state index contributed by atoms with van der Waals surface area (Å²) in [6.07, 6.45) is 12.4. The fourth-order valence-corrected chi connectivity index (χ4v) is 3.34. The minimum absolute atomic E-state index is 0.634. The Morgan fingerprint density at radius 3 is 2.47 bits per heavy atom. The van der Waals surface area contributed by atoms with Gasteiger partial charge < -0.3 is 10.1 Å². The first-order valence-corrected chi connectivity index (χ1v) is 7.72. The fraction of sp³-hybridized carbons (Fsp3) is 1.00. The summed E-state index contributed by atoms with van der Waals surface area (Å²) < 4.78 is 5.92. The summed E-state index contributed by atoms with van der Waals surface area (Å²) in [5.41, 5.74) is 0. The van der Waals surface area contributed by atoms with Crippen LogP contribution >= 0.6 is 0 Å². The molecule has 2 fully saturated rings. The molecule has 1 heterocycles. The highest BCUT2D eigenvalue weighted by molar-refractivity contribution is 4.83. The van der Waals surface area contributed by atoms with Gasteiger partial charge in [-0.05, 0) is 38.0 Å². The molecule has 1 saturated carbocycles. The van der Waals surface area contributed by atoms with E-state index in [2.05, 4.69) is 12.2 Å². The Morgan fingerprint density at radius 2 is 1.71 bits per heavy atom. The largest absolute Gasteiger partial charge is 0.380 e. The molecule has 1 aliphatic carbocycles. The smallest absolute Gasteiger partial charge is 0.0619 e. The van der Waals surface area contributed by atoms with Crippen LogP contribution in [0.25, 0.3) is 0 Å². The van der Waals surface area contributed by atoms with Crippen molar-refractivity contribution in [2.75, 3.05) is 13.2 Å². The predicted octanol–water partition coefficient (Wildman–Crippen LogP) is 3.50. The van der Waals surface area contributed by atoms with E-state index < -0.39 is 0 Å². The Kier molecular flexibility index (Phi) is 5.79. The lowest BCUT2D eigenvalue weighted by Crippen LogP contribution is -2.33.